The predicted molar refractivity (Wildman–Crippen MR) is 108 cm³/mol. The van der Waals surface area contributed by atoms with E-state index < -0.39 is 0 Å². The minimum absolute atomic E-state index is 0.0616. The number of hydrogen-bond acceptors (Lipinski definition) is 4. The first-order valence-electron chi connectivity index (χ1n) is 8.98. The summed E-state index contributed by atoms with van der Waals surface area (Å²) in [6, 6.07) is 18.0. The quantitative estimate of drug-likeness (QED) is 0.521. The third-order valence-electron chi connectivity index (χ3n) is 4.79. The fourth-order valence-corrected chi connectivity index (χ4v) is 3.30. The predicted octanol–water partition coefficient (Wildman–Crippen LogP) is 3.90. The summed E-state index contributed by atoms with van der Waals surface area (Å²) in [6.07, 6.45) is 4.24. The molecule has 1 unspecified atom stereocenters. The van der Waals surface area contributed by atoms with Crippen LogP contribution in [-0.2, 0) is 4.79 Å². The van der Waals surface area contributed by atoms with Crippen LogP contribution >= 0.6 is 0 Å². The standard InChI is InChI=1S/C22H20N4O2/c1-15(25-14-27)16-8-9-21-20(12-16)24-13-26(21)18-6-3-5-17(11-18)19-7-4-10-23-22(19)28-2/h3-15H,1-2H3,(H,25,27). The van der Waals surface area contributed by atoms with Crippen LogP contribution in [0.4, 0.5) is 0 Å². The molecule has 6 heteroatoms. The molecule has 0 radical (unpaired) electrons. The fraction of sp³-hybridized carbons (Fsp3) is 0.136. The lowest BCUT2D eigenvalue weighted by atomic mass is 10.1. The van der Waals surface area contributed by atoms with E-state index in [1.54, 1.807) is 13.3 Å². The van der Waals surface area contributed by atoms with Gasteiger partial charge in [-0.1, -0.05) is 18.2 Å². The molecule has 28 heavy (non-hydrogen) atoms. The zero-order valence-corrected chi connectivity index (χ0v) is 15.7. The average molecular weight is 372 g/mol. The number of imidazole rings is 1. The third-order valence-corrected chi connectivity index (χ3v) is 4.79. The van der Waals surface area contributed by atoms with Crippen molar-refractivity contribution in [3.8, 4) is 22.7 Å². The van der Waals surface area contributed by atoms with Crippen LogP contribution in [0.15, 0.2) is 67.1 Å². The highest BCUT2D eigenvalue weighted by molar-refractivity contribution is 5.79. The average Bonchev–Trinajstić information content (AvgIpc) is 3.17. The smallest absolute Gasteiger partial charge is 0.221 e. The molecule has 0 fully saturated rings. The molecule has 0 aliphatic rings. The van der Waals surface area contributed by atoms with E-state index in [2.05, 4.69) is 21.4 Å². The Balaban J connectivity index is 1.75. The van der Waals surface area contributed by atoms with Crippen molar-refractivity contribution in [2.75, 3.05) is 7.11 Å². The van der Waals surface area contributed by atoms with E-state index in [0.29, 0.717) is 12.3 Å². The van der Waals surface area contributed by atoms with Crippen molar-refractivity contribution in [2.24, 2.45) is 0 Å². The number of pyridine rings is 1. The van der Waals surface area contributed by atoms with Crippen LogP contribution in [0.5, 0.6) is 5.88 Å². The van der Waals surface area contributed by atoms with Crippen molar-refractivity contribution in [1.29, 1.82) is 0 Å². The van der Waals surface area contributed by atoms with E-state index in [9.17, 15) is 4.79 Å². The summed E-state index contributed by atoms with van der Waals surface area (Å²) in [6.45, 7) is 1.94. The van der Waals surface area contributed by atoms with Gasteiger partial charge in [-0.15, -0.1) is 0 Å². The molecule has 4 aromatic rings. The van der Waals surface area contributed by atoms with Crippen LogP contribution in [-0.4, -0.2) is 28.1 Å². The Bertz CT molecular complexity index is 1140. The molecule has 140 valence electrons. The molecule has 1 atom stereocenters. The molecule has 1 N–H and O–H groups in total. The Morgan fingerprint density at radius 1 is 1.11 bits per heavy atom. The Hall–Kier alpha value is -3.67. The Morgan fingerprint density at radius 3 is 2.82 bits per heavy atom. The summed E-state index contributed by atoms with van der Waals surface area (Å²) in [5.74, 6) is 0.594. The number of amides is 1. The first-order chi connectivity index (χ1) is 13.7. The van der Waals surface area contributed by atoms with Gasteiger partial charge in [0, 0.05) is 17.4 Å². The summed E-state index contributed by atoms with van der Waals surface area (Å²) in [4.78, 5) is 19.5. The van der Waals surface area contributed by atoms with Crippen LogP contribution in [0, 0.1) is 0 Å². The van der Waals surface area contributed by atoms with Crippen molar-refractivity contribution in [3.05, 3.63) is 72.7 Å². The van der Waals surface area contributed by atoms with Gasteiger partial charge < -0.3 is 10.1 Å². The number of nitrogens with zero attached hydrogens (tertiary/aromatic N) is 3. The molecule has 0 saturated heterocycles. The van der Waals surface area contributed by atoms with Gasteiger partial charge in [-0.2, -0.15) is 0 Å². The molecular weight excluding hydrogens is 352 g/mol. The summed E-state index contributed by atoms with van der Waals surface area (Å²) >= 11 is 0. The van der Waals surface area contributed by atoms with E-state index in [0.717, 1.165) is 33.4 Å². The largest absolute Gasteiger partial charge is 0.481 e. The van der Waals surface area contributed by atoms with E-state index >= 15 is 0 Å². The van der Waals surface area contributed by atoms with Gasteiger partial charge in [-0.25, -0.2) is 9.97 Å². The number of ether oxygens (including phenoxy) is 1. The van der Waals surface area contributed by atoms with Gasteiger partial charge in [0.05, 0.1) is 24.2 Å². The second-order valence-electron chi connectivity index (χ2n) is 6.48. The van der Waals surface area contributed by atoms with Crippen LogP contribution < -0.4 is 10.1 Å². The molecule has 0 saturated carbocycles. The Kier molecular flexibility index (Phi) is 4.76. The first kappa shape index (κ1) is 17.7. The van der Waals surface area contributed by atoms with Gasteiger partial charge >= 0.3 is 0 Å². The van der Waals surface area contributed by atoms with E-state index in [4.69, 9.17) is 4.74 Å². The van der Waals surface area contributed by atoms with Gasteiger partial charge in [-0.3, -0.25) is 9.36 Å². The van der Waals surface area contributed by atoms with Crippen molar-refractivity contribution < 1.29 is 9.53 Å². The Morgan fingerprint density at radius 2 is 2.00 bits per heavy atom. The van der Waals surface area contributed by atoms with Crippen molar-refractivity contribution >= 4 is 17.4 Å². The fourth-order valence-electron chi connectivity index (χ4n) is 3.30. The van der Waals surface area contributed by atoms with Gasteiger partial charge in [0.2, 0.25) is 12.3 Å². The number of rotatable bonds is 6. The lowest BCUT2D eigenvalue weighted by molar-refractivity contribution is -0.110. The molecule has 2 aromatic carbocycles. The minimum Gasteiger partial charge on any atom is -0.481 e. The van der Waals surface area contributed by atoms with Crippen LogP contribution in [0.25, 0.3) is 27.8 Å². The SMILES string of the molecule is COc1ncccc1-c1cccc(-n2cnc3cc(C(C)NC=O)ccc32)c1. The van der Waals surface area contributed by atoms with Gasteiger partial charge in [0.25, 0.3) is 0 Å². The van der Waals surface area contributed by atoms with E-state index in [-0.39, 0.29) is 6.04 Å². The number of benzene rings is 2. The maximum absolute atomic E-state index is 10.7. The van der Waals surface area contributed by atoms with Gasteiger partial charge in [0.1, 0.15) is 6.33 Å². The number of carbonyl (C=O) groups is 1. The van der Waals surface area contributed by atoms with Crippen LogP contribution in [0.3, 0.4) is 0 Å². The first-order valence-corrected chi connectivity index (χ1v) is 8.98. The number of fused-ring (bicyclic) bond motifs is 1. The normalized spacial score (nSPS) is 11.9. The number of aromatic nitrogens is 3. The minimum atomic E-state index is -0.0616. The van der Waals surface area contributed by atoms with Gasteiger partial charge in [-0.05, 0) is 54.4 Å². The molecular formula is C22H20N4O2. The van der Waals surface area contributed by atoms with Crippen molar-refractivity contribution in [2.45, 2.75) is 13.0 Å². The maximum Gasteiger partial charge on any atom is 0.221 e. The highest BCUT2D eigenvalue weighted by atomic mass is 16.5. The maximum atomic E-state index is 10.7. The molecule has 4 rings (SSSR count). The molecule has 1 amide bonds. The Labute approximate surface area is 162 Å². The molecule has 0 bridgehead atoms. The van der Waals surface area contributed by atoms with Gasteiger partial charge in [0.15, 0.2) is 0 Å². The van der Waals surface area contributed by atoms with E-state index in [1.165, 1.54) is 0 Å². The molecule has 2 aromatic heterocycles. The second kappa shape index (κ2) is 7.52. The summed E-state index contributed by atoms with van der Waals surface area (Å²) in [7, 11) is 1.62. The van der Waals surface area contributed by atoms with Crippen LogP contribution in [0.1, 0.15) is 18.5 Å². The monoisotopic (exact) mass is 372 g/mol. The lowest BCUT2D eigenvalue weighted by Gasteiger charge is -2.12. The number of nitrogens with one attached hydrogen (secondary N) is 1. The number of hydrogen-bond donors (Lipinski definition) is 1. The number of carbonyl (C=O) groups excluding carboxylic acids is 1. The van der Waals surface area contributed by atoms with Crippen molar-refractivity contribution in [3.63, 3.8) is 0 Å². The van der Waals surface area contributed by atoms with Crippen molar-refractivity contribution in [1.82, 2.24) is 19.9 Å². The van der Waals surface area contributed by atoms with E-state index in [1.807, 2.05) is 66.3 Å². The third kappa shape index (κ3) is 3.20. The summed E-state index contributed by atoms with van der Waals surface area (Å²) in [5, 5.41) is 2.77. The molecule has 0 spiro atoms. The highest BCUT2D eigenvalue weighted by Crippen LogP contribution is 2.30. The summed E-state index contributed by atoms with van der Waals surface area (Å²) < 4.78 is 7.44. The zero-order valence-electron chi connectivity index (χ0n) is 15.7. The zero-order chi connectivity index (χ0) is 19.5. The highest BCUT2D eigenvalue weighted by Gasteiger charge is 2.11. The molecule has 0 aliphatic carbocycles. The molecule has 0 aliphatic heterocycles. The second-order valence-corrected chi connectivity index (χ2v) is 6.48. The summed E-state index contributed by atoms with van der Waals surface area (Å²) in [5.41, 5.74) is 5.84. The number of methoxy groups -OCH3 is 1. The van der Waals surface area contributed by atoms with Crippen LogP contribution in [0.2, 0.25) is 0 Å². The lowest BCUT2D eigenvalue weighted by Crippen LogP contribution is -2.15. The topological polar surface area (TPSA) is 69.0 Å². The molecule has 2 heterocycles. The molecule has 6 nitrogen and oxygen atoms in total.